The van der Waals surface area contributed by atoms with Crippen molar-refractivity contribution in [1.82, 2.24) is 0 Å². The third-order valence-electron chi connectivity index (χ3n) is 3.66. The average Bonchev–Trinajstić information content (AvgIpc) is 2.48. The van der Waals surface area contributed by atoms with Crippen LogP contribution in [0.5, 0.6) is 11.5 Å². The maximum Gasteiger partial charge on any atom is 0.185 e. The second-order valence-corrected chi connectivity index (χ2v) is 5.09. The fourth-order valence-corrected chi connectivity index (χ4v) is 2.62. The molecule has 1 saturated carbocycles. The Kier molecular flexibility index (Phi) is 3.53. The average molecular weight is 258 g/mol. The summed E-state index contributed by atoms with van der Waals surface area (Å²) in [7, 11) is 0. The first kappa shape index (κ1) is 12.3. The molecule has 3 heteroatoms. The van der Waals surface area contributed by atoms with Crippen molar-refractivity contribution < 1.29 is 14.3 Å². The van der Waals surface area contributed by atoms with E-state index in [1.807, 2.05) is 18.2 Å². The smallest absolute Gasteiger partial charge is 0.185 e. The van der Waals surface area contributed by atoms with E-state index in [-0.39, 0.29) is 5.78 Å². The molecule has 1 aliphatic heterocycles. The molecule has 3 nitrogen and oxygen atoms in total. The molecule has 1 fully saturated rings. The largest absolute Gasteiger partial charge is 0.486 e. The quantitative estimate of drug-likeness (QED) is 0.601. The Morgan fingerprint density at radius 1 is 1.00 bits per heavy atom. The highest BCUT2D eigenvalue weighted by atomic mass is 16.6. The summed E-state index contributed by atoms with van der Waals surface area (Å²) in [5, 5.41) is 0. The molecular formula is C16H18O3. The number of ketones is 1. The lowest BCUT2D eigenvalue weighted by Crippen LogP contribution is -2.15. The molecule has 3 rings (SSSR count). The lowest BCUT2D eigenvalue weighted by atomic mass is 9.93. The van der Waals surface area contributed by atoms with Crippen molar-refractivity contribution in [1.29, 1.82) is 0 Å². The van der Waals surface area contributed by atoms with Gasteiger partial charge in [0.1, 0.15) is 13.2 Å². The lowest BCUT2D eigenvalue weighted by molar-refractivity contribution is 0.104. The Morgan fingerprint density at radius 2 is 1.74 bits per heavy atom. The maximum absolute atomic E-state index is 12.2. The normalized spacial score (nSPS) is 18.0. The van der Waals surface area contributed by atoms with Gasteiger partial charge in [-0.25, -0.2) is 0 Å². The third-order valence-corrected chi connectivity index (χ3v) is 3.66. The number of hydrogen-bond acceptors (Lipinski definition) is 3. The number of hydrogen-bond donors (Lipinski definition) is 0. The molecule has 0 bridgehead atoms. The van der Waals surface area contributed by atoms with Crippen LogP contribution in [0.2, 0.25) is 0 Å². The van der Waals surface area contributed by atoms with Crippen molar-refractivity contribution >= 4 is 5.78 Å². The maximum atomic E-state index is 12.2. The topological polar surface area (TPSA) is 35.5 Å². The van der Waals surface area contributed by atoms with Gasteiger partial charge >= 0.3 is 0 Å². The van der Waals surface area contributed by atoms with Crippen molar-refractivity contribution in [3.8, 4) is 11.5 Å². The number of rotatable bonds is 2. The summed E-state index contributed by atoms with van der Waals surface area (Å²) in [5.41, 5.74) is 1.97. The van der Waals surface area contributed by atoms with Crippen LogP contribution in [-0.2, 0) is 0 Å². The van der Waals surface area contributed by atoms with Gasteiger partial charge in [0.2, 0.25) is 0 Å². The van der Waals surface area contributed by atoms with E-state index in [0.717, 1.165) is 18.6 Å². The molecule has 19 heavy (non-hydrogen) atoms. The van der Waals surface area contributed by atoms with Crippen LogP contribution in [-0.4, -0.2) is 19.0 Å². The highest BCUT2D eigenvalue weighted by Crippen LogP contribution is 2.31. The highest BCUT2D eigenvalue weighted by Gasteiger charge is 2.15. The van der Waals surface area contributed by atoms with Crippen LogP contribution in [0.25, 0.3) is 0 Å². The van der Waals surface area contributed by atoms with Crippen LogP contribution < -0.4 is 9.47 Å². The Morgan fingerprint density at radius 3 is 2.53 bits per heavy atom. The van der Waals surface area contributed by atoms with Gasteiger partial charge in [0, 0.05) is 5.56 Å². The molecule has 1 aromatic carbocycles. The number of benzene rings is 1. The Balaban J connectivity index is 1.79. The molecule has 0 spiro atoms. The molecule has 100 valence electrons. The second-order valence-electron chi connectivity index (χ2n) is 5.09. The van der Waals surface area contributed by atoms with Crippen LogP contribution in [0.1, 0.15) is 42.5 Å². The minimum atomic E-state index is 0.0777. The first-order valence-electron chi connectivity index (χ1n) is 6.96. The van der Waals surface area contributed by atoms with E-state index in [1.54, 1.807) is 6.07 Å². The summed E-state index contributed by atoms with van der Waals surface area (Å²) in [6, 6.07) is 5.42. The minimum absolute atomic E-state index is 0.0777. The molecule has 0 saturated heterocycles. The number of carbonyl (C=O) groups excluding carboxylic acids is 1. The number of allylic oxidation sites excluding steroid dienone is 2. The fourth-order valence-electron chi connectivity index (χ4n) is 2.62. The van der Waals surface area contributed by atoms with Gasteiger partial charge in [0.15, 0.2) is 17.3 Å². The molecule has 0 atom stereocenters. The lowest BCUT2D eigenvalue weighted by Gasteiger charge is -2.18. The molecule has 1 heterocycles. The summed E-state index contributed by atoms with van der Waals surface area (Å²) < 4.78 is 11.0. The van der Waals surface area contributed by atoms with E-state index in [4.69, 9.17) is 9.47 Å². The fraction of sp³-hybridized carbons (Fsp3) is 0.438. The van der Waals surface area contributed by atoms with E-state index < -0.39 is 0 Å². The monoisotopic (exact) mass is 258 g/mol. The number of ether oxygens (including phenoxy) is 2. The van der Waals surface area contributed by atoms with Gasteiger partial charge in [-0.1, -0.05) is 12.0 Å². The Hall–Kier alpha value is -1.77. The first-order valence-corrected chi connectivity index (χ1v) is 6.96. The molecule has 1 aromatic rings. The van der Waals surface area contributed by atoms with Crippen molar-refractivity contribution in [2.75, 3.05) is 13.2 Å². The summed E-state index contributed by atoms with van der Waals surface area (Å²) in [4.78, 5) is 12.2. The standard InChI is InChI=1S/C16H18O3/c17-14(10-12-4-2-1-3-5-12)13-6-7-15-16(11-13)19-9-8-18-15/h6-7,10-11H,1-5,8-9H2. The summed E-state index contributed by atoms with van der Waals surface area (Å²) >= 11 is 0. The molecule has 1 aliphatic carbocycles. The van der Waals surface area contributed by atoms with E-state index >= 15 is 0 Å². The van der Waals surface area contributed by atoms with E-state index in [9.17, 15) is 4.79 Å². The Bertz CT molecular complexity index is 509. The van der Waals surface area contributed by atoms with E-state index in [2.05, 4.69) is 0 Å². The van der Waals surface area contributed by atoms with Crippen LogP contribution in [0, 0.1) is 0 Å². The zero-order valence-corrected chi connectivity index (χ0v) is 11.0. The van der Waals surface area contributed by atoms with Crippen molar-refractivity contribution in [2.45, 2.75) is 32.1 Å². The van der Waals surface area contributed by atoms with Crippen molar-refractivity contribution in [3.63, 3.8) is 0 Å². The molecule has 0 N–H and O–H groups in total. The van der Waals surface area contributed by atoms with E-state index in [1.165, 1.54) is 24.8 Å². The second kappa shape index (κ2) is 5.47. The number of carbonyl (C=O) groups is 1. The zero-order valence-electron chi connectivity index (χ0n) is 11.0. The predicted octanol–water partition coefficient (Wildman–Crippen LogP) is 3.53. The third kappa shape index (κ3) is 2.80. The van der Waals surface area contributed by atoms with Crippen molar-refractivity contribution in [2.24, 2.45) is 0 Å². The van der Waals surface area contributed by atoms with Crippen LogP contribution in [0.15, 0.2) is 29.8 Å². The Labute approximate surface area is 113 Å². The number of fused-ring (bicyclic) bond motifs is 1. The molecule has 0 aromatic heterocycles. The molecule has 2 aliphatic rings. The van der Waals surface area contributed by atoms with Gasteiger partial charge in [-0.3, -0.25) is 4.79 Å². The van der Waals surface area contributed by atoms with Gasteiger partial charge in [-0.15, -0.1) is 0 Å². The van der Waals surface area contributed by atoms with Crippen LogP contribution >= 0.6 is 0 Å². The summed E-state index contributed by atoms with van der Waals surface area (Å²) in [6.07, 6.45) is 7.65. The summed E-state index contributed by atoms with van der Waals surface area (Å²) in [5.74, 6) is 1.49. The molecule has 0 amide bonds. The van der Waals surface area contributed by atoms with Gasteiger partial charge < -0.3 is 9.47 Å². The predicted molar refractivity (Wildman–Crippen MR) is 72.9 cm³/mol. The summed E-state index contributed by atoms with van der Waals surface area (Å²) in [6.45, 7) is 1.12. The minimum Gasteiger partial charge on any atom is -0.486 e. The van der Waals surface area contributed by atoms with Gasteiger partial charge in [0.05, 0.1) is 0 Å². The SMILES string of the molecule is O=C(C=C1CCCCC1)c1ccc2c(c1)OCCO2. The van der Waals surface area contributed by atoms with E-state index in [0.29, 0.717) is 24.5 Å². The van der Waals surface area contributed by atoms with Gasteiger partial charge in [0.25, 0.3) is 0 Å². The zero-order chi connectivity index (χ0) is 13.1. The first-order chi connectivity index (χ1) is 9.33. The molecule has 0 unspecified atom stereocenters. The van der Waals surface area contributed by atoms with Crippen molar-refractivity contribution in [3.05, 3.63) is 35.4 Å². The molecular weight excluding hydrogens is 240 g/mol. The van der Waals surface area contributed by atoms with Gasteiger partial charge in [-0.2, -0.15) is 0 Å². The van der Waals surface area contributed by atoms with Crippen LogP contribution in [0.3, 0.4) is 0 Å². The highest BCUT2D eigenvalue weighted by molar-refractivity contribution is 6.05. The molecule has 0 radical (unpaired) electrons. The van der Waals surface area contributed by atoms with Crippen LogP contribution in [0.4, 0.5) is 0 Å². The van der Waals surface area contributed by atoms with Gasteiger partial charge in [-0.05, 0) is 50.0 Å².